The summed E-state index contributed by atoms with van der Waals surface area (Å²) >= 11 is 0. The maximum atomic E-state index is 12.5. The van der Waals surface area contributed by atoms with E-state index in [9.17, 15) is 4.79 Å². The van der Waals surface area contributed by atoms with Crippen LogP contribution in [-0.4, -0.2) is 74.7 Å². The first-order valence-electron chi connectivity index (χ1n) is 11.3. The minimum atomic E-state index is -0.0532. The van der Waals surface area contributed by atoms with Gasteiger partial charge in [-0.05, 0) is 56.5 Å². The Balaban J connectivity index is 0.00000385. The van der Waals surface area contributed by atoms with Gasteiger partial charge in [-0.15, -0.1) is 24.0 Å². The van der Waals surface area contributed by atoms with E-state index in [-0.39, 0.29) is 29.9 Å². The predicted octanol–water partition coefficient (Wildman–Crippen LogP) is 3.66. The second-order valence-corrected chi connectivity index (χ2v) is 7.51. The van der Waals surface area contributed by atoms with E-state index < -0.39 is 0 Å². The summed E-state index contributed by atoms with van der Waals surface area (Å²) in [6, 6.07) is 9.53. The van der Waals surface area contributed by atoms with Crippen molar-refractivity contribution in [1.29, 1.82) is 0 Å². The van der Waals surface area contributed by atoms with E-state index >= 15 is 0 Å². The average Bonchev–Trinajstić information content (AvgIpc) is 3.36. The van der Waals surface area contributed by atoms with E-state index in [0.29, 0.717) is 25.5 Å². The molecule has 8 nitrogen and oxygen atoms in total. The van der Waals surface area contributed by atoms with Crippen LogP contribution in [0.2, 0.25) is 0 Å². The molecular weight excluding hydrogens is 535 g/mol. The van der Waals surface area contributed by atoms with Crippen LogP contribution in [0, 0.1) is 0 Å². The monoisotopic (exact) mass is 570 g/mol. The minimum Gasteiger partial charge on any atom is -0.493 e. The summed E-state index contributed by atoms with van der Waals surface area (Å²) in [6.07, 6.45) is 3.38. The molecule has 2 aromatic rings. The standard InChI is InChI=1S/C24H34N4O4.HI/c1-4-25-24(28-15-13-27(14-16-28)23(29)21-9-7-17-32-21)26-12-6-8-19-10-11-20(30-3)22(18-19)31-5-2;/h7,9-11,17-18H,4-6,8,12-16H2,1-3H3,(H,25,26);1H. The zero-order valence-corrected chi connectivity index (χ0v) is 22.0. The van der Waals surface area contributed by atoms with Crippen molar-refractivity contribution in [3.05, 3.63) is 47.9 Å². The number of aliphatic imine (C=N–C) groups is 1. The molecule has 1 amide bonds. The Morgan fingerprint density at radius 2 is 1.88 bits per heavy atom. The van der Waals surface area contributed by atoms with Crippen LogP contribution in [0.4, 0.5) is 0 Å². The third-order valence-electron chi connectivity index (χ3n) is 5.35. The normalized spacial score (nSPS) is 14.0. The summed E-state index contributed by atoms with van der Waals surface area (Å²) in [5, 5.41) is 3.38. The number of aryl methyl sites for hydroxylation is 1. The van der Waals surface area contributed by atoms with Crippen LogP contribution in [0.15, 0.2) is 46.0 Å². The topological polar surface area (TPSA) is 79.5 Å². The van der Waals surface area contributed by atoms with Crippen LogP contribution in [0.3, 0.4) is 0 Å². The van der Waals surface area contributed by atoms with E-state index in [2.05, 4.69) is 23.2 Å². The first kappa shape index (κ1) is 26.8. The molecule has 0 radical (unpaired) electrons. The van der Waals surface area contributed by atoms with Gasteiger partial charge in [0.15, 0.2) is 23.2 Å². The van der Waals surface area contributed by atoms with Crippen molar-refractivity contribution in [3.63, 3.8) is 0 Å². The molecule has 1 N–H and O–H groups in total. The van der Waals surface area contributed by atoms with Gasteiger partial charge >= 0.3 is 0 Å². The lowest BCUT2D eigenvalue weighted by Gasteiger charge is -2.36. The zero-order valence-electron chi connectivity index (χ0n) is 19.7. The fourth-order valence-corrected chi connectivity index (χ4v) is 3.72. The predicted molar refractivity (Wildman–Crippen MR) is 140 cm³/mol. The number of guanidine groups is 1. The van der Waals surface area contributed by atoms with Gasteiger partial charge in [0.25, 0.3) is 5.91 Å². The molecular formula is C24H35IN4O4. The summed E-state index contributed by atoms with van der Waals surface area (Å²) in [4.78, 5) is 21.3. The van der Waals surface area contributed by atoms with Gasteiger partial charge in [-0.25, -0.2) is 0 Å². The summed E-state index contributed by atoms with van der Waals surface area (Å²) in [7, 11) is 1.65. The van der Waals surface area contributed by atoms with Gasteiger partial charge in [-0.1, -0.05) is 6.07 Å². The van der Waals surface area contributed by atoms with Crippen LogP contribution < -0.4 is 14.8 Å². The number of rotatable bonds is 9. The fourth-order valence-electron chi connectivity index (χ4n) is 3.72. The number of furan rings is 1. The van der Waals surface area contributed by atoms with Crippen LogP contribution in [0.5, 0.6) is 11.5 Å². The van der Waals surface area contributed by atoms with Crippen LogP contribution in [0.1, 0.15) is 36.4 Å². The van der Waals surface area contributed by atoms with Gasteiger partial charge in [0.1, 0.15) is 0 Å². The third kappa shape index (κ3) is 7.55. The first-order chi connectivity index (χ1) is 15.7. The van der Waals surface area contributed by atoms with Crippen molar-refractivity contribution in [3.8, 4) is 11.5 Å². The number of hydrogen-bond donors (Lipinski definition) is 1. The number of carbonyl (C=O) groups excluding carboxylic acids is 1. The van der Waals surface area contributed by atoms with Gasteiger partial charge in [0.2, 0.25) is 0 Å². The summed E-state index contributed by atoms with van der Waals surface area (Å²) < 4.78 is 16.3. The third-order valence-corrected chi connectivity index (χ3v) is 5.35. The molecule has 1 aromatic carbocycles. The number of ether oxygens (including phenoxy) is 2. The Kier molecular flexibility index (Phi) is 11.4. The Hall–Kier alpha value is -2.43. The maximum Gasteiger partial charge on any atom is 0.289 e. The maximum absolute atomic E-state index is 12.5. The molecule has 1 aliphatic rings. The van der Waals surface area contributed by atoms with E-state index in [1.54, 1.807) is 19.2 Å². The van der Waals surface area contributed by atoms with Crippen molar-refractivity contribution >= 4 is 35.8 Å². The summed E-state index contributed by atoms with van der Waals surface area (Å²) in [6.45, 7) is 8.96. The van der Waals surface area contributed by atoms with Crippen LogP contribution in [-0.2, 0) is 6.42 Å². The van der Waals surface area contributed by atoms with Crippen LogP contribution >= 0.6 is 24.0 Å². The van der Waals surface area contributed by atoms with Gasteiger partial charge in [-0.3, -0.25) is 9.79 Å². The second kappa shape index (κ2) is 14.0. The second-order valence-electron chi connectivity index (χ2n) is 7.51. The lowest BCUT2D eigenvalue weighted by molar-refractivity contribution is 0.0657. The van der Waals surface area contributed by atoms with Gasteiger partial charge in [-0.2, -0.15) is 0 Å². The molecule has 0 saturated carbocycles. The van der Waals surface area contributed by atoms with E-state index in [4.69, 9.17) is 18.9 Å². The molecule has 1 aromatic heterocycles. The smallest absolute Gasteiger partial charge is 0.289 e. The molecule has 1 saturated heterocycles. The highest BCUT2D eigenvalue weighted by atomic mass is 127. The van der Waals surface area contributed by atoms with E-state index in [1.165, 1.54) is 11.8 Å². The largest absolute Gasteiger partial charge is 0.493 e. The number of nitrogens with one attached hydrogen (secondary N) is 1. The van der Waals surface area contributed by atoms with Crippen molar-refractivity contribution in [2.45, 2.75) is 26.7 Å². The average molecular weight is 570 g/mol. The highest BCUT2D eigenvalue weighted by Gasteiger charge is 2.25. The lowest BCUT2D eigenvalue weighted by atomic mass is 10.1. The number of methoxy groups -OCH3 is 1. The molecule has 0 aliphatic carbocycles. The Labute approximate surface area is 213 Å². The lowest BCUT2D eigenvalue weighted by Crippen LogP contribution is -2.53. The van der Waals surface area contributed by atoms with Crippen molar-refractivity contribution < 1.29 is 18.7 Å². The Bertz CT molecular complexity index is 881. The molecule has 2 heterocycles. The molecule has 182 valence electrons. The zero-order chi connectivity index (χ0) is 22.8. The summed E-state index contributed by atoms with van der Waals surface area (Å²) in [5.41, 5.74) is 1.21. The highest BCUT2D eigenvalue weighted by molar-refractivity contribution is 14.0. The molecule has 1 fully saturated rings. The molecule has 33 heavy (non-hydrogen) atoms. The first-order valence-corrected chi connectivity index (χ1v) is 11.3. The molecule has 1 aliphatic heterocycles. The highest BCUT2D eigenvalue weighted by Crippen LogP contribution is 2.28. The number of halogens is 1. The molecule has 0 spiro atoms. The molecule has 9 heteroatoms. The number of hydrogen-bond acceptors (Lipinski definition) is 5. The number of benzene rings is 1. The van der Waals surface area contributed by atoms with E-state index in [1.807, 2.05) is 24.0 Å². The van der Waals surface area contributed by atoms with E-state index in [0.717, 1.165) is 56.5 Å². The number of carbonyl (C=O) groups is 1. The molecule has 3 rings (SSSR count). The molecule has 0 atom stereocenters. The molecule has 0 unspecified atom stereocenters. The number of nitrogens with zero attached hydrogens (tertiary/aromatic N) is 3. The fraction of sp³-hybridized carbons (Fsp3) is 0.500. The van der Waals surface area contributed by atoms with Gasteiger partial charge in [0, 0.05) is 39.3 Å². The summed E-state index contributed by atoms with van der Waals surface area (Å²) in [5.74, 6) is 2.79. The van der Waals surface area contributed by atoms with Crippen molar-refractivity contribution in [2.75, 3.05) is 53.0 Å². The minimum absolute atomic E-state index is 0. The van der Waals surface area contributed by atoms with Gasteiger partial charge < -0.3 is 29.0 Å². The Morgan fingerprint density at radius 3 is 2.52 bits per heavy atom. The SMILES string of the molecule is CCNC(=NCCCc1ccc(OC)c(OCC)c1)N1CCN(C(=O)c2ccco2)CC1.I. The van der Waals surface area contributed by atoms with Crippen LogP contribution in [0.25, 0.3) is 0 Å². The Morgan fingerprint density at radius 1 is 1.12 bits per heavy atom. The van der Waals surface area contributed by atoms with Crippen molar-refractivity contribution in [1.82, 2.24) is 15.1 Å². The number of piperazine rings is 1. The quantitative estimate of drug-likeness (QED) is 0.215. The van der Waals surface area contributed by atoms with Gasteiger partial charge in [0.05, 0.1) is 20.0 Å². The number of amides is 1. The van der Waals surface area contributed by atoms with Crippen molar-refractivity contribution in [2.24, 2.45) is 4.99 Å². The molecule has 0 bridgehead atoms.